The highest BCUT2D eigenvalue weighted by molar-refractivity contribution is 6.13. The Morgan fingerprint density at radius 2 is 0.935 bits per heavy atom. The fourth-order valence-corrected chi connectivity index (χ4v) is 6.81. The first kappa shape index (κ1) is 26.1. The van der Waals surface area contributed by atoms with Crippen molar-refractivity contribution in [3.05, 3.63) is 157 Å². The van der Waals surface area contributed by atoms with Gasteiger partial charge in [-0.3, -0.25) is 0 Å². The largest absolute Gasteiger partial charge is 0.456 e. The lowest BCUT2D eigenvalue weighted by Gasteiger charge is -2.15. The molecule has 46 heavy (non-hydrogen) atoms. The van der Waals surface area contributed by atoms with Crippen LogP contribution in [0.25, 0.3) is 88.4 Å². The number of fused-ring (bicyclic) bond motifs is 6. The van der Waals surface area contributed by atoms with E-state index in [4.69, 9.17) is 8.83 Å². The van der Waals surface area contributed by atoms with Crippen molar-refractivity contribution in [3.63, 3.8) is 0 Å². The van der Waals surface area contributed by atoms with Gasteiger partial charge in [0.25, 0.3) is 0 Å². The molecule has 0 amide bonds. The Hall–Kier alpha value is -6.37. The van der Waals surface area contributed by atoms with E-state index in [2.05, 4.69) is 91.0 Å². The monoisotopic (exact) mass is 587 g/mol. The highest BCUT2D eigenvalue weighted by Gasteiger charge is 2.17. The van der Waals surface area contributed by atoms with Crippen LogP contribution in [-0.2, 0) is 0 Å². The average Bonchev–Trinajstić information content (AvgIpc) is 3.69. The maximum absolute atomic E-state index is 9.96. The fourth-order valence-electron chi connectivity index (χ4n) is 6.81. The normalized spacial score (nSPS) is 11.5. The maximum Gasteiger partial charge on any atom is 0.136 e. The van der Waals surface area contributed by atoms with E-state index in [1.165, 1.54) is 0 Å². The van der Waals surface area contributed by atoms with Crippen molar-refractivity contribution >= 4 is 43.9 Å². The molecule has 0 atom stereocenters. The Morgan fingerprint density at radius 3 is 1.76 bits per heavy atom. The number of benzene rings is 7. The quantitative estimate of drug-likeness (QED) is 0.206. The van der Waals surface area contributed by atoms with Gasteiger partial charge in [-0.2, -0.15) is 5.26 Å². The van der Waals surface area contributed by atoms with Crippen LogP contribution in [0, 0.1) is 11.3 Å². The second-order valence-electron chi connectivity index (χ2n) is 11.6. The number of hydrogen-bond donors (Lipinski definition) is 0. The predicted molar refractivity (Wildman–Crippen MR) is 187 cm³/mol. The van der Waals surface area contributed by atoms with Gasteiger partial charge in [0.1, 0.15) is 22.3 Å². The number of nitrogens with zero attached hydrogens (tertiary/aromatic N) is 1. The minimum Gasteiger partial charge on any atom is -0.456 e. The van der Waals surface area contributed by atoms with E-state index in [0.29, 0.717) is 5.56 Å². The smallest absolute Gasteiger partial charge is 0.136 e. The molecule has 0 N–H and O–H groups in total. The molecule has 3 nitrogen and oxygen atoms in total. The third-order valence-electron chi connectivity index (χ3n) is 8.93. The Kier molecular flexibility index (Phi) is 5.88. The molecule has 0 aliphatic rings. The molecule has 9 rings (SSSR count). The van der Waals surface area contributed by atoms with Gasteiger partial charge in [-0.1, -0.05) is 97.1 Å². The van der Waals surface area contributed by atoms with Crippen molar-refractivity contribution in [1.82, 2.24) is 0 Å². The van der Waals surface area contributed by atoms with Crippen LogP contribution in [-0.4, -0.2) is 0 Å². The third kappa shape index (κ3) is 4.13. The molecule has 0 bridgehead atoms. The Morgan fingerprint density at radius 1 is 0.370 bits per heavy atom. The van der Waals surface area contributed by atoms with Crippen LogP contribution >= 0.6 is 0 Å². The summed E-state index contributed by atoms with van der Waals surface area (Å²) in [5, 5.41) is 14.4. The van der Waals surface area contributed by atoms with Crippen LogP contribution in [0.1, 0.15) is 5.56 Å². The molecule has 2 heterocycles. The Bertz CT molecular complexity index is 2670. The second-order valence-corrected chi connectivity index (χ2v) is 11.6. The van der Waals surface area contributed by atoms with Crippen LogP contribution < -0.4 is 0 Å². The molecule has 0 aliphatic carbocycles. The van der Waals surface area contributed by atoms with E-state index >= 15 is 0 Å². The van der Waals surface area contributed by atoms with Gasteiger partial charge in [0.2, 0.25) is 0 Å². The second kappa shape index (κ2) is 10.4. The van der Waals surface area contributed by atoms with E-state index < -0.39 is 0 Å². The van der Waals surface area contributed by atoms with Gasteiger partial charge >= 0.3 is 0 Å². The lowest BCUT2D eigenvalue weighted by molar-refractivity contribution is 0.668. The highest BCUT2D eigenvalue weighted by atomic mass is 16.3. The van der Waals surface area contributed by atoms with Gasteiger partial charge in [-0.15, -0.1) is 0 Å². The van der Waals surface area contributed by atoms with Crippen LogP contribution in [0.15, 0.2) is 160 Å². The molecule has 2 aromatic heterocycles. The van der Waals surface area contributed by atoms with Crippen LogP contribution in [0.4, 0.5) is 0 Å². The first-order valence-electron chi connectivity index (χ1n) is 15.3. The summed E-state index contributed by atoms with van der Waals surface area (Å²) in [6.07, 6.45) is 0. The van der Waals surface area contributed by atoms with Crippen molar-refractivity contribution in [2.45, 2.75) is 0 Å². The number of rotatable bonds is 4. The first-order chi connectivity index (χ1) is 22.7. The van der Waals surface area contributed by atoms with Gasteiger partial charge < -0.3 is 8.83 Å². The van der Waals surface area contributed by atoms with Crippen molar-refractivity contribution in [3.8, 4) is 50.6 Å². The average molecular weight is 588 g/mol. The molecule has 9 aromatic rings. The fraction of sp³-hybridized carbons (Fsp3) is 0. The SMILES string of the molecule is N#Cc1ccccc1-c1ccccc1-c1cc(-c2ccc3c(c2)oc2ccccc23)cc(-c2cccc3oc4ccccc4c23)c1. The molecule has 0 aliphatic heterocycles. The lowest BCUT2D eigenvalue weighted by atomic mass is 9.88. The van der Waals surface area contributed by atoms with Crippen LogP contribution in [0.3, 0.4) is 0 Å². The Balaban J connectivity index is 1.32. The lowest BCUT2D eigenvalue weighted by Crippen LogP contribution is -1.91. The van der Waals surface area contributed by atoms with Crippen molar-refractivity contribution in [2.24, 2.45) is 0 Å². The summed E-state index contributed by atoms with van der Waals surface area (Å²) in [6, 6.07) is 54.4. The molecule has 214 valence electrons. The van der Waals surface area contributed by atoms with E-state index in [0.717, 1.165) is 88.4 Å². The Labute approximate surface area is 265 Å². The maximum atomic E-state index is 9.96. The number of furan rings is 2. The molecule has 7 aromatic carbocycles. The molecular formula is C43H25NO2. The van der Waals surface area contributed by atoms with Crippen molar-refractivity contribution in [2.75, 3.05) is 0 Å². The van der Waals surface area contributed by atoms with Crippen molar-refractivity contribution in [1.29, 1.82) is 5.26 Å². The number of hydrogen-bond acceptors (Lipinski definition) is 3. The predicted octanol–water partition coefficient (Wildman–Crippen LogP) is 12.0. The number of para-hydroxylation sites is 2. The molecule has 0 spiro atoms. The first-order valence-corrected chi connectivity index (χ1v) is 15.3. The van der Waals surface area contributed by atoms with Crippen molar-refractivity contribution < 1.29 is 8.83 Å². The summed E-state index contributed by atoms with van der Waals surface area (Å²) in [5.74, 6) is 0. The molecular weight excluding hydrogens is 562 g/mol. The molecule has 0 fully saturated rings. The van der Waals surface area contributed by atoms with Gasteiger partial charge in [0, 0.05) is 27.1 Å². The molecule has 0 radical (unpaired) electrons. The zero-order valence-corrected chi connectivity index (χ0v) is 24.7. The third-order valence-corrected chi connectivity index (χ3v) is 8.93. The summed E-state index contributed by atoms with van der Waals surface area (Å²) < 4.78 is 12.6. The van der Waals surface area contributed by atoms with E-state index in [1.807, 2.05) is 66.7 Å². The molecule has 0 saturated carbocycles. The number of nitriles is 1. The highest BCUT2D eigenvalue weighted by Crippen LogP contribution is 2.42. The van der Waals surface area contributed by atoms with Gasteiger partial charge in [-0.25, -0.2) is 0 Å². The van der Waals surface area contributed by atoms with Crippen LogP contribution in [0.2, 0.25) is 0 Å². The molecule has 0 unspecified atom stereocenters. The summed E-state index contributed by atoms with van der Waals surface area (Å²) in [4.78, 5) is 0. The molecule has 0 saturated heterocycles. The van der Waals surface area contributed by atoms with E-state index in [9.17, 15) is 5.26 Å². The summed E-state index contributed by atoms with van der Waals surface area (Å²) in [7, 11) is 0. The standard InChI is InChI=1S/C43H25NO2/c44-26-28-10-1-2-11-32(28)35-13-4-3-12-33(35)30-22-29(27-20-21-37-36-14-5-7-17-39(36)46-42(37)25-27)23-31(24-30)34-16-9-19-41-43(34)38-15-6-8-18-40(38)45-41/h1-25H. The van der Waals surface area contributed by atoms with Gasteiger partial charge in [-0.05, 0) is 93.5 Å². The summed E-state index contributed by atoms with van der Waals surface area (Å²) in [6.45, 7) is 0. The summed E-state index contributed by atoms with van der Waals surface area (Å²) in [5.41, 5.74) is 12.5. The van der Waals surface area contributed by atoms with E-state index in [1.54, 1.807) is 0 Å². The minimum absolute atomic E-state index is 0.649. The van der Waals surface area contributed by atoms with E-state index in [-0.39, 0.29) is 0 Å². The topological polar surface area (TPSA) is 50.1 Å². The van der Waals surface area contributed by atoms with Gasteiger partial charge in [0.15, 0.2) is 0 Å². The summed E-state index contributed by atoms with van der Waals surface area (Å²) >= 11 is 0. The zero-order chi connectivity index (χ0) is 30.6. The van der Waals surface area contributed by atoms with Crippen LogP contribution in [0.5, 0.6) is 0 Å². The van der Waals surface area contributed by atoms with Gasteiger partial charge in [0.05, 0.1) is 11.6 Å². The zero-order valence-electron chi connectivity index (χ0n) is 24.7. The molecule has 3 heteroatoms. The minimum atomic E-state index is 0.649.